The zero-order valence-corrected chi connectivity index (χ0v) is 12.0. The average molecular weight is 274 g/mol. The van der Waals surface area contributed by atoms with Crippen LogP contribution in [0.4, 0.5) is 5.69 Å². The fraction of sp³-hybridized carbons (Fsp3) is 0.562. The second-order valence-corrected chi connectivity index (χ2v) is 5.67. The Morgan fingerprint density at radius 3 is 3.00 bits per heavy atom. The van der Waals surface area contributed by atoms with Crippen molar-refractivity contribution in [1.29, 1.82) is 0 Å². The lowest BCUT2D eigenvalue weighted by Crippen LogP contribution is -2.28. The summed E-state index contributed by atoms with van der Waals surface area (Å²) in [5, 5.41) is 0. The summed E-state index contributed by atoms with van der Waals surface area (Å²) in [6.07, 6.45) is 5.61. The van der Waals surface area contributed by atoms with E-state index in [1.165, 1.54) is 37.5 Å². The number of hydrogen-bond donors (Lipinski definition) is 1. The summed E-state index contributed by atoms with van der Waals surface area (Å²) >= 11 is 0. The first kappa shape index (κ1) is 13.6. The minimum atomic E-state index is 0.475. The van der Waals surface area contributed by atoms with Crippen molar-refractivity contribution in [3.63, 3.8) is 0 Å². The minimum absolute atomic E-state index is 0.475. The Bertz CT molecular complexity index is 513. The Labute approximate surface area is 119 Å². The van der Waals surface area contributed by atoms with Gasteiger partial charge in [0.05, 0.1) is 19.4 Å². The van der Waals surface area contributed by atoms with E-state index in [1.807, 2.05) is 0 Å². The molecule has 2 aliphatic rings. The van der Waals surface area contributed by atoms with Crippen LogP contribution in [0.3, 0.4) is 0 Å². The number of rotatable bonds is 5. The summed E-state index contributed by atoms with van der Waals surface area (Å²) in [5.74, 6) is 1.90. The molecule has 1 saturated carbocycles. The standard InChI is InChI=1S/C16H22N2O2/c1-19-20-9-3-4-11-7-8-13-12-5-2-6-14(12)16(17)18-15(13)10-11/h7-8,10,12,14H,2-6,9H2,1H3,(H2,17,18). The van der Waals surface area contributed by atoms with Gasteiger partial charge in [-0.3, -0.25) is 0 Å². The molecule has 0 spiro atoms. The second-order valence-electron chi connectivity index (χ2n) is 5.67. The van der Waals surface area contributed by atoms with Crippen molar-refractivity contribution in [2.45, 2.75) is 38.0 Å². The summed E-state index contributed by atoms with van der Waals surface area (Å²) < 4.78 is 0. The molecule has 0 aromatic heterocycles. The number of amidine groups is 1. The highest BCUT2D eigenvalue weighted by Crippen LogP contribution is 2.46. The fourth-order valence-corrected chi connectivity index (χ4v) is 3.48. The van der Waals surface area contributed by atoms with Crippen molar-refractivity contribution < 1.29 is 9.78 Å². The molecule has 1 aliphatic carbocycles. The third-order valence-corrected chi connectivity index (χ3v) is 4.45. The molecule has 0 saturated heterocycles. The molecule has 1 heterocycles. The lowest BCUT2D eigenvalue weighted by Gasteiger charge is -2.26. The van der Waals surface area contributed by atoms with Gasteiger partial charge < -0.3 is 5.73 Å². The maximum absolute atomic E-state index is 6.14. The van der Waals surface area contributed by atoms with Gasteiger partial charge in [0.25, 0.3) is 0 Å². The van der Waals surface area contributed by atoms with Crippen LogP contribution < -0.4 is 5.73 Å². The van der Waals surface area contributed by atoms with Crippen LogP contribution in [0, 0.1) is 5.92 Å². The molecule has 2 N–H and O–H groups in total. The molecule has 0 bridgehead atoms. The highest BCUT2D eigenvalue weighted by Gasteiger charge is 2.35. The number of hydrogen-bond acceptors (Lipinski definition) is 4. The number of fused-ring (bicyclic) bond motifs is 3. The molecule has 0 amide bonds. The lowest BCUT2D eigenvalue weighted by molar-refractivity contribution is -0.272. The van der Waals surface area contributed by atoms with Crippen LogP contribution in [-0.4, -0.2) is 19.6 Å². The van der Waals surface area contributed by atoms with Gasteiger partial charge in [-0.25, -0.2) is 14.8 Å². The monoisotopic (exact) mass is 274 g/mol. The van der Waals surface area contributed by atoms with Gasteiger partial charge in [0, 0.05) is 5.92 Å². The first-order valence-corrected chi connectivity index (χ1v) is 7.42. The molecule has 20 heavy (non-hydrogen) atoms. The summed E-state index contributed by atoms with van der Waals surface area (Å²) in [5.41, 5.74) is 9.89. The van der Waals surface area contributed by atoms with Crippen molar-refractivity contribution in [2.75, 3.05) is 13.7 Å². The topological polar surface area (TPSA) is 56.8 Å². The van der Waals surface area contributed by atoms with E-state index in [0.717, 1.165) is 24.4 Å². The second kappa shape index (κ2) is 5.94. The van der Waals surface area contributed by atoms with Gasteiger partial charge in [0.2, 0.25) is 0 Å². The van der Waals surface area contributed by atoms with E-state index in [9.17, 15) is 0 Å². The molecule has 4 nitrogen and oxygen atoms in total. The fourth-order valence-electron chi connectivity index (χ4n) is 3.48. The summed E-state index contributed by atoms with van der Waals surface area (Å²) in [6.45, 7) is 0.615. The maximum Gasteiger partial charge on any atom is 0.103 e. The van der Waals surface area contributed by atoms with Crippen LogP contribution in [0.15, 0.2) is 23.2 Å². The largest absolute Gasteiger partial charge is 0.387 e. The van der Waals surface area contributed by atoms with Gasteiger partial charge in [-0.2, -0.15) is 0 Å². The zero-order chi connectivity index (χ0) is 13.9. The van der Waals surface area contributed by atoms with Crippen LogP contribution in [-0.2, 0) is 16.2 Å². The first-order valence-electron chi connectivity index (χ1n) is 7.42. The van der Waals surface area contributed by atoms with E-state index >= 15 is 0 Å². The molecule has 1 fully saturated rings. The Balaban J connectivity index is 1.75. The summed E-state index contributed by atoms with van der Waals surface area (Å²) in [7, 11) is 1.54. The SMILES string of the molecule is COOCCCc1ccc2c(c1)N=C(N)C1CCCC21. The van der Waals surface area contributed by atoms with E-state index in [4.69, 9.17) is 10.6 Å². The molecule has 4 heteroatoms. The lowest BCUT2D eigenvalue weighted by atomic mass is 9.84. The number of nitrogens with zero attached hydrogens (tertiary/aromatic N) is 1. The molecule has 3 rings (SSSR count). The average Bonchev–Trinajstić information content (AvgIpc) is 2.94. The Kier molecular flexibility index (Phi) is 4.03. The third-order valence-electron chi connectivity index (χ3n) is 4.45. The quantitative estimate of drug-likeness (QED) is 0.510. The van der Waals surface area contributed by atoms with Crippen LogP contribution in [0.5, 0.6) is 0 Å². The van der Waals surface area contributed by atoms with Crippen molar-refractivity contribution in [1.82, 2.24) is 0 Å². The molecule has 108 valence electrons. The van der Waals surface area contributed by atoms with Crippen LogP contribution in [0.2, 0.25) is 0 Å². The third kappa shape index (κ3) is 2.58. The number of benzene rings is 1. The summed E-state index contributed by atoms with van der Waals surface area (Å²) in [6, 6.07) is 6.66. The van der Waals surface area contributed by atoms with E-state index < -0.39 is 0 Å². The van der Waals surface area contributed by atoms with Crippen LogP contribution in [0.1, 0.15) is 42.7 Å². The highest BCUT2D eigenvalue weighted by atomic mass is 17.2. The predicted molar refractivity (Wildman–Crippen MR) is 79.1 cm³/mol. The van der Waals surface area contributed by atoms with E-state index in [2.05, 4.69) is 28.1 Å². The molecular formula is C16H22N2O2. The predicted octanol–water partition coefficient (Wildman–Crippen LogP) is 3.08. The van der Waals surface area contributed by atoms with Gasteiger partial charge in [0.15, 0.2) is 0 Å². The molecule has 2 atom stereocenters. The van der Waals surface area contributed by atoms with Crippen molar-refractivity contribution >= 4 is 11.5 Å². The molecule has 1 aromatic carbocycles. The van der Waals surface area contributed by atoms with Crippen molar-refractivity contribution in [3.8, 4) is 0 Å². The van der Waals surface area contributed by atoms with E-state index in [0.29, 0.717) is 18.4 Å². The van der Waals surface area contributed by atoms with Crippen molar-refractivity contribution in [2.24, 2.45) is 16.6 Å². The zero-order valence-electron chi connectivity index (χ0n) is 12.0. The van der Waals surface area contributed by atoms with E-state index in [-0.39, 0.29) is 0 Å². The Morgan fingerprint density at radius 1 is 1.30 bits per heavy atom. The highest BCUT2D eigenvalue weighted by molar-refractivity contribution is 5.89. The molecule has 1 aliphatic heterocycles. The van der Waals surface area contributed by atoms with Gasteiger partial charge in [0.1, 0.15) is 5.84 Å². The van der Waals surface area contributed by atoms with Gasteiger partial charge in [-0.1, -0.05) is 18.6 Å². The maximum atomic E-state index is 6.14. The normalized spacial score (nSPS) is 24.1. The minimum Gasteiger partial charge on any atom is -0.387 e. The van der Waals surface area contributed by atoms with Gasteiger partial charge in [-0.15, -0.1) is 0 Å². The van der Waals surface area contributed by atoms with Crippen LogP contribution >= 0.6 is 0 Å². The number of aliphatic imine (C=N–C) groups is 1. The Morgan fingerprint density at radius 2 is 2.15 bits per heavy atom. The Hall–Kier alpha value is -1.39. The molecule has 0 radical (unpaired) electrons. The summed E-state index contributed by atoms with van der Waals surface area (Å²) in [4.78, 5) is 14.1. The molecular weight excluding hydrogens is 252 g/mol. The first-order chi connectivity index (χ1) is 9.79. The van der Waals surface area contributed by atoms with Crippen LogP contribution in [0.25, 0.3) is 0 Å². The number of aryl methyl sites for hydroxylation is 1. The van der Waals surface area contributed by atoms with Crippen molar-refractivity contribution in [3.05, 3.63) is 29.3 Å². The molecule has 1 aromatic rings. The number of nitrogens with two attached hydrogens (primary N) is 1. The van der Waals surface area contributed by atoms with E-state index in [1.54, 1.807) is 0 Å². The van der Waals surface area contributed by atoms with Gasteiger partial charge in [-0.05, 0) is 48.8 Å². The van der Waals surface area contributed by atoms with Gasteiger partial charge >= 0.3 is 0 Å². The smallest absolute Gasteiger partial charge is 0.103 e. The molecule has 2 unspecified atom stereocenters.